The number of carbonyl (C=O) groups excluding carboxylic acids is 3. The van der Waals surface area contributed by atoms with Crippen molar-refractivity contribution >= 4 is 46.3 Å². The minimum absolute atomic E-state index is 0.124. The number of likely N-dealkylation sites (tertiary alicyclic amines) is 1. The highest BCUT2D eigenvalue weighted by molar-refractivity contribution is 7.13. The Morgan fingerprint density at radius 2 is 1.63 bits per heavy atom. The van der Waals surface area contributed by atoms with Gasteiger partial charge >= 0.3 is 0 Å². The molecule has 10 rings (SSSR count). The van der Waals surface area contributed by atoms with Gasteiger partial charge in [0, 0.05) is 67.3 Å². The molecule has 3 aromatic carbocycles. The van der Waals surface area contributed by atoms with E-state index in [1.54, 1.807) is 33.6 Å². The fourth-order valence-electron chi connectivity index (χ4n) is 10.9. The second-order valence-electron chi connectivity index (χ2n) is 19.7. The highest BCUT2D eigenvalue weighted by Crippen LogP contribution is 2.40. The first-order chi connectivity index (χ1) is 36.5. The van der Waals surface area contributed by atoms with Gasteiger partial charge in [0.25, 0.3) is 5.91 Å². The molecular formula is C57H62N10O7S. The molecule has 3 saturated heterocycles. The molecule has 5 atom stereocenters. The lowest BCUT2D eigenvalue weighted by atomic mass is 10.00. The van der Waals surface area contributed by atoms with Gasteiger partial charge in [0.15, 0.2) is 5.82 Å². The van der Waals surface area contributed by atoms with Crippen LogP contribution < -0.4 is 25.6 Å². The van der Waals surface area contributed by atoms with E-state index in [0.717, 1.165) is 65.3 Å². The van der Waals surface area contributed by atoms with Crippen LogP contribution in [0.2, 0.25) is 0 Å². The smallest absolute Gasteiger partial charge is 0.255 e. The largest absolute Gasteiger partial charge is 0.507 e. The zero-order valence-electron chi connectivity index (χ0n) is 42.4. The summed E-state index contributed by atoms with van der Waals surface area (Å²) in [5.41, 5.74) is 15.3. The molecule has 3 fully saturated rings. The first kappa shape index (κ1) is 50.9. The van der Waals surface area contributed by atoms with Gasteiger partial charge in [-0.15, -0.1) is 21.5 Å². The lowest BCUT2D eigenvalue weighted by Crippen LogP contribution is -2.55. The number of phenols is 1. The predicted molar refractivity (Wildman–Crippen MR) is 287 cm³/mol. The number of nitrogen functional groups attached to an aromatic ring is 1. The van der Waals surface area contributed by atoms with Crippen LogP contribution in [0.15, 0.2) is 103 Å². The van der Waals surface area contributed by atoms with Crippen molar-refractivity contribution in [3.8, 4) is 45.2 Å². The molecule has 0 aliphatic carbocycles. The molecule has 0 saturated carbocycles. The van der Waals surface area contributed by atoms with E-state index in [9.17, 15) is 19.5 Å². The Hall–Kier alpha value is -7.59. The van der Waals surface area contributed by atoms with Crippen molar-refractivity contribution in [2.75, 3.05) is 68.2 Å². The summed E-state index contributed by atoms with van der Waals surface area (Å²) in [5.74, 6) is 6.65. The Morgan fingerprint density at radius 1 is 0.880 bits per heavy atom. The summed E-state index contributed by atoms with van der Waals surface area (Å²) in [6.07, 6.45) is 5.17. The number of amides is 3. The summed E-state index contributed by atoms with van der Waals surface area (Å²) >= 11 is 1.51. The highest BCUT2D eigenvalue weighted by Gasteiger charge is 2.44. The van der Waals surface area contributed by atoms with Crippen molar-refractivity contribution in [1.82, 2.24) is 35.3 Å². The number of aromatic hydroxyl groups is 1. The highest BCUT2D eigenvalue weighted by atomic mass is 32.1. The Bertz CT molecular complexity index is 3070. The van der Waals surface area contributed by atoms with Gasteiger partial charge in [-0.25, -0.2) is 9.97 Å². The van der Waals surface area contributed by atoms with Crippen molar-refractivity contribution < 1.29 is 33.7 Å². The zero-order chi connectivity index (χ0) is 52.0. The lowest BCUT2D eigenvalue weighted by molar-refractivity contribution is -0.143. The van der Waals surface area contributed by atoms with E-state index in [1.807, 2.05) is 99.6 Å². The van der Waals surface area contributed by atoms with Crippen molar-refractivity contribution in [2.24, 2.45) is 5.92 Å². The maximum atomic E-state index is 14.1. The van der Waals surface area contributed by atoms with Gasteiger partial charge in [0.2, 0.25) is 17.7 Å². The first-order valence-electron chi connectivity index (χ1n) is 25.7. The average Bonchev–Trinajstić information content (AvgIpc) is 4.23. The number of pyridine rings is 1. The topological polar surface area (TPSA) is 202 Å². The van der Waals surface area contributed by atoms with Crippen molar-refractivity contribution in [1.29, 1.82) is 0 Å². The molecule has 6 aromatic rings. The van der Waals surface area contributed by atoms with Crippen molar-refractivity contribution in [3.05, 3.63) is 125 Å². The number of para-hydroxylation sites is 1. The molecule has 2 bridgehead atoms. The molecular weight excluding hydrogens is 969 g/mol. The second-order valence-corrected chi connectivity index (χ2v) is 20.6. The summed E-state index contributed by atoms with van der Waals surface area (Å²) in [7, 11) is 0. The molecule has 7 heterocycles. The minimum Gasteiger partial charge on any atom is -0.507 e. The number of nitrogens with zero attached hydrogens (tertiary/aromatic N) is 8. The van der Waals surface area contributed by atoms with Crippen LogP contribution in [0.25, 0.3) is 21.7 Å². The Kier molecular flexibility index (Phi) is 15.5. The van der Waals surface area contributed by atoms with Gasteiger partial charge in [-0.1, -0.05) is 74.4 Å². The van der Waals surface area contributed by atoms with Crippen LogP contribution in [0, 0.1) is 17.8 Å². The lowest BCUT2D eigenvalue weighted by Gasteiger charge is -2.43. The molecule has 0 spiro atoms. The number of nitrogens with one attached hydrogen (secondary N) is 1. The number of carbonyl (C=O) groups is 3. The fourth-order valence-corrected chi connectivity index (χ4v) is 11.7. The quantitative estimate of drug-likeness (QED) is 0.0580. The van der Waals surface area contributed by atoms with E-state index in [4.69, 9.17) is 19.9 Å². The summed E-state index contributed by atoms with van der Waals surface area (Å²) in [4.78, 5) is 59.3. The van der Waals surface area contributed by atoms with E-state index in [1.165, 1.54) is 11.3 Å². The van der Waals surface area contributed by atoms with E-state index in [2.05, 4.69) is 47.1 Å². The maximum Gasteiger partial charge on any atom is 0.255 e. The number of nitrogens with two attached hydrogens (primary N) is 1. The van der Waals surface area contributed by atoms with Crippen LogP contribution in [0.1, 0.15) is 79.7 Å². The molecule has 75 heavy (non-hydrogen) atoms. The fraction of sp³-hybridized carbons (Fsp3) is 0.386. The first-order valence-corrected chi connectivity index (χ1v) is 26.6. The molecule has 4 unspecified atom stereocenters. The number of anilines is 3. The van der Waals surface area contributed by atoms with Gasteiger partial charge in [-0.3, -0.25) is 14.4 Å². The van der Waals surface area contributed by atoms with Gasteiger partial charge < -0.3 is 50.0 Å². The second kappa shape index (κ2) is 22.9. The van der Waals surface area contributed by atoms with E-state index >= 15 is 0 Å². The number of ether oxygens (including phenoxy) is 3. The normalized spacial score (nSPS) is 18.7. The molecule has 388 valence electrons. The van der Waals surface area contributed by atoms with Crippen LogP contribution >= 0.6 is 11.3 Å². The number of hydrogen-bond acceptors (Lipinski definition) is 15. The van der Waals surface area contributed by atoms with Gasteiger partial charge in [0.05, 0.1) is 47.6 Å². The molecule has 3 amide bonds. The zero-order valence-corrected chi connectivity index (χ0v) is 43.2. The van der Waals surface area contributed by atoms with Gasteiger partial charge in [-0.2, -0.15) is 0 Å². The SMILES string of the molecule is CC(C)C(C(=O)N1CCCC1C(=O)N[C@@H](C)c1ccc(-c2scnc2C#CCOCCOCCOc2cc(N3C4CCC3CN(c3cc(-c5ccccc5O)nnc3N)C4)ccn2)cc1)N1Cc2ccccc2C1=O. The van der Waals surface area contributed by atoms with Gasteiger partial charge in [-0.05, 0) is 91.5 Å². The van der Waals surface area contributed by atoms with Crippen molar-refractivity contribution in [3.63, 3.8) is 0 Å². The average molecular weight is 1030 g/mol. The van der Waals surface area contributed by atoms with Crippen LogP contribution in [-0.2, 0) is 25.6 Å². The molecule has 4 aliphatic rings. The predicted octanol–water partition coefficient (Wildman–Crippen LogP) is 7.12. The number of benzene rings is 3. The number of rotatable bonds is 18. The monoisotopic (exact) mass is 1030 g/mol. The summed E-state index contributed by atoms with van der Waals surface area (Å²) in [6.45, 7) is 9.94. The molecule has 0 radical (unpaired) electrons. The number of hydrogen-bond donors (Lipinski definition) is 3. The maximum absolute atomic E-state index is 14.1. The number of piperazine rings is 1. The number of phenolic OH excluding ortho intramolecular Hbond substituents is 1. The molecule has 3 aromatic heterocycles. The van der Waals surface area contributed by atoms with E-state index in [-0.39, 0.29) is 54.1 Å². The van der Waals surface area contributed by atoms with E-state index in [0.29, 0.717) is 80.2 Å². The molecule has 4 N–H and O–H groups in total. The third-order valence-electron chi connectivity index (χ3n) is 14.6. The number of thiazole rings is 1. The third-order valence-corrected chi connectivity index (χ3v) is 15.4. The standard InChI is InChI=1S/C57H62N10O7S/c1-36(2)52(66-32-40-10-4-5-11-44(40)56(66)70)57(71)65-24-8-14-48(65)55(69)61-37(3)38-16-18-39(19-17-38)53-46(60-35-75-53)13-9-25-72-26-27-73-28-29-74-51-30-41(22-23-59-51)67-42-20-21-43(67)34-64(33-42)49-31-47(62-63-54(49)58)45-12-6-7-15-50(45)68/h4-7,10-12,15-19,22-23,30-31,35-37,42-43,48,52,68H,8,14,20-21,24-29,32-34H2,1-3H3,(H2,58,63)(H,61,69)/t37-,42?,43?,48?,52?/m0/s1. The molecule has 18 heteroatoms. The minimum atomic E-state index is -0.657. The molecule has 4 aliphatic heterocycles. The van der Waals surface area contributed by atoms with Crippen molar-refractivity contribution in [2.45, 2.75) is 83.2 Å². The Balaban J connectivity index is 0.640. The summed E-state index contributed by atoms with van der Waals surface area (Å²) in [6, 6.07) is 27.5. The van der Waals surface area contributed by atoms with Crippen LogP contribution in [0.4, 0.5) is 17.2 Å². The van der Waals surface area contributed by atoms with Crippen LogP contribution in [-0.4, -0.2) is 130 Å². The van der Waals surface area contributed by atoms with Crippen LogP contribution in [0.3, 0.4) is 0 Å². The van der Waals surface area contributed by atoms with Crippen LogP contribution in [0.5, 0.6) is 11.6 Å². The van der Waals surface area contributed by atoms with Gasteiger partial charge in [0.1, 0.15) is 36.7 Å². The Labute approximate surface area is 441 Å². The Morgan fingerprint density at radius 3 is 2.40 bits per heavy atom. The third kappa shape index (κ3) is 11.1. The summed E-state index contributed by atoms with van der Waals surface area (Å²) < 4.78 is 17.5. The molecule has 17 nitrogen and oxygen atoms in total. The summed E-state index contributed by atoms with van der Waals surface area (Å²) in [5, 5.41) is 22.1. The van der Waals surface area contributed by atoms with E-state index < -0.39 is 12.1 Å². The number of aromatic nitrogens is 4. The number of fused-ring (bicyclic) bond motifs is 3.